The van der Waals surface area contributed by atoms with Crippen LogP contribution in [0.4, 0.5) is 0 Å². The smallest absolute Gasteiger partial charge is 0.203 e. The summed E-state index contributed by atoms with van der Waals surface area (Å²) in [7, 11) is 0. The molecule has 1 N–H and O–H groups in total. The standard InChI is InChI=1S/C13H12N2O/c1-10-11(13(16)9-14)5-4-6-12(10)15-7-2-3-8-15/h2-9,14H,1H3. The number of hydrogen-bond donors (Lipinski definition) is 1. The highest BCUT2D eigenvalue weighted by Gasteiger charge is 2.09. The number of nitrogens with zero attached hydrogens (tertiary/aromatic N) is 1. The van der Waals surface area contributed by atoms with E-state index in [9.17, 15) is 4.79 Å². The van der Waals surface area contributed by atoms with Crippen molar-refractivity contribution in [1.82, 2.24) is 4.57 Å². The molecule has 0 saturated heterocycles. The third kappa shape index (κ3) is 1.67. The predicted molar refractivity (Wildman–Crippen MR) is 63.6 cm³/mol. The van der Waals surface area contributed by atoms with E-state index in [2.05, 4.69) is 0 Å². The number of carbonyl (C=O) groups excluding carboxylic acids is 1. The summed E-state index contributed by atoms with van der Waals surface area (Å²) in [5, 5.41) is 7.01. The molecule has 0 amide bonds. The van der Waals surface area contributed by atoms with Crippen molar-refractivity contribution in [1.29, 1.82) is 5.41 Å². The average Bonchev–Trinajstić information content (AvgIpc) is 2.82. The van der Waals surface area contributed by atoms with Gasteiger partial charge in [-0.05, 0) is 30.7 Å². The van der Waals surface area contributed by atoms with E-state index in [0.717, 1.165) is 17.5 Å². The van der Waals surface area contributed by atoms with E-state index in [1.54, 1.807) is 6.07 Å². The second-order valence-electron chi connectivity index (χ2n) is 3.55. The molecule has 80 valence electrons. The molecule has 1 aromatic carbocycles. The summed E-state index contributed by atoms with van der Waals surface area (Å²) >= 11 is 0. The van der Waals surface area contributed by atoms with Gasteiger partial charge in [-0.25, -0.2) is 0 Å². The number of carbonyl (C=O) groups is 1. The summed E-state index contributed by atoms with van der Waals surface area (Å²) < 4.78 is 1.95. The maximum atomic E-state index is 11.5. The monoisotopic (exact) mass is 212 g/mol. The highest BCUT2D eigenvalue weighted by atomic mass is 16.1. The quantitative estimate of drug-likeness (QED) is 0.617. The summed E-state index contributed by atoms with van der Waals surface area (Å²) in [6.45, 7) is 1.89. The SMILES string of the molecule is Cc1c(C(=O)C=N)cccc1-n1cccc1. The zero-order valence-electron chi connectivity index (χ0n) is 8.97. The Balaban J connectivity index is 2.57. The minimum atomic E-state index is -0.258. The van der Waals surface area contributed by atoms with Gasteiger partial charge >= 0.3 is 0 Å². The lowest BCUT2D eigenvalue weighted by Gasteiger charge is -2.10. The number of ketones is 1. The summed E-state index contributed by atoms with van der Waals surface area (Å²) in [6.07, 6.45) is 4.71. The number of benzene rings is 1. The zero-order valence-corrected chi connectivity index (χ0v) is 8.97. The van der Waals surface area contributed by atoms with Crippen molar-refractivity contribution in [3.05, 3.63) is 53.9 Å². The van der Waals surface area contributed by atoms with Crippen molar-refractivity contribution < 1.29 is 4.79 Å². The first-order chi connectivity index (χ1) is 7.74. The second-order valence-corrected chi connectivity index (χ2v) is 3.55. The predicted octanol–water partition coefficient (Wildman–Crippen LogP) is 2.62. The minimum absolute atomic E-state index is 0.258. The van der Waals surface area contributed by atoms with Gasteiger partial charge in [0.2, 0.25) is 5.78 Å². The van der Waals surface area contributed by atoms with Crippen LogP contribution in [0.2, 0.25) is 0 Å². The van der Waals surface area contributed by atoms with Crippen LogP contribution in [0.15, 0.2) is 42.7 Å². The first-order valence-electron chi connectivity index (χ1n) is 5.02. The van der Waals surface area contributed by atoms with Crippen LogP contribution >= 0.6 is 0 Å². The molecule has 0 aliphatic carbocycles. The van der Waals surface area contributed by atoms with Gasteiger partial charge in [-0.15, -0.1) is 0 Å². The fraction of sp³-hybridized carbons (Fsp3) is 0.0769. The van der Waals surface area contributed by atoms with Crippen LogP contribution in [0.5, 0.6) is 0 Å². The molecule has 2 aromatic rings. The van der Waals surface area contributed by atoms with Crippen molar-refractivity contribution in [2.24, 2.45) is 0 Å². The van der Waals surface area contributed by atoms with Crippen LogP contribution in [0.3, 0.4) is 0 Å². The van der Waals surface area contributed by atoms with Crippen LogP contribution < -0.4 is 0 Å². The van der Waals surface area contributed by atoms with Crippen molar-refractivity contribution >= 4 is 12.0 Å². The Bertz CT molecular complexity index is 527. The molecule has 0 aliphatic heterocycles. The van der Waals surface area contributed by atoms with Crippen molar-refractivity contribution in [2.75, 3.05) is 0 Å². The van der Waals surface area contributed by atoms with E-state index in [4.69, 9.17) is 5.41 Å². The molecule has 0 atom stereocenters. The average molecular weight is 212 g/mol. The van der Waals surface area contributed by atoms with Crippen LogP contribution in [0.25, 0.3) is 5.69 Å². The molecule has 0 unspecified atom stereocenters. The first-order valence-corrected chi connectivity index (χ1v) is 5.02. The molecule has 0 spiro atoms. The van der Waals surface area contributed by atoms with Gasteiger partial charge in [-0.2, -0.15) is 0 Å². The third-order valence-electron chi connectivity index (χ3n) is 2.58. The van der Waals surface area contributed by atoms with Crippen LogP contribution in [0.1, 0.15) is 15.9 Å². The molecule has 0 saturated carbocycles. The van der Waals surface area contributed by atoms with Crippen LogP contribution in [0, 0.1) is 12.3 Å². The molecule has 16 heavy (non-hydrogen) atoms. The molecule has 1 aromatic heterocycles. The Labute approximate surface area is 93.8 Å². The highest BCUT2D eigenvalue weighted by Crippen LogP contribution is 2.18. The Hall–Kier alpha value is -2.16. The highest BCUT2D eigenvalue weighted by molar-refractivity contribution is 6.34. The van der Waals surface area contributed by atoms with E-state index < -0.39 is 0 Å². The maximum Gasteiger partial charge on any atom is 0.203 e. The first kappa shape index (κ1) is 10.4. The topological polar surface area (TPSA) is 45.9 Å². The van der Waals surface area contributed by atoms with Crippen LogP contribution in [-0.2, 0) is 0 Å². The van der Waals surface area contributed by atoms with Crippen molar-refractivity contribution in [3.8, 4) is 5.69 Å². The second kappa shape index (κ2) is 4.14. The molecule has 3 nitrogen and oxygen atoms in total. The fourth-order valence-corrected chi connectivity index (χ4v) is 1.74. The molecular weight excluding hydrogens is 200 g/mol. The van der Waals surface area contributed by atoms with Gasteiger partial charge in [0.25, 0.3) is 0 Å². The lowest BCUT2D eigenvalue weighted by Crippen LogP contribution is -2.05. The van der Waals surface area contributed by atoms with Gasteiger partial charge in [-0.3, -0.25) is 4.79 Å². The Morgan fingerprint density at radius 3 is 2.56 bits per heavy atom. The van der Waals surface area contributed by atoms with Crippen molar-refractivity contribution in [3.63, 3.8) is 0 Å². The van der Waals surface area contributed by atoms with Crippen LogP contribution in [-0.4, -0.2) is 16.6 Å². The summed E-state index contributed by atoms with van der Waals surface area (Å²) in [5.41, 5.74) is 2.45. The maximum absolute atomic E-state index is 11.5. The van der Waals surface area contributed by atoms with Gasteiger partial charge in [-0.1, -0.05) is 12.1 Å². The lowest BCUT2D eigenvalue weighted by atomic mass is 10.0. The van der Waals surface area contributed by atoms with Gasteiger partial charge in [0.15, 0.2) is 0 Å². The molecule has 0 radical (unpaired) electrons. The van der Waals surface area contributed by atoms with Crippen molar-refractivity contribution in [2.45, 2.75) is 6.92 Å². The number of hydrogen-bond acceptors (Lipinski definition) is 2. The lowest BCUT2D eigenvalue weighted by molar-refractivity contribution is 0.106. The van der Waals surface area contributed by atoms with E-state index >= 15 is 0 Å². The Morgan fingerprint density at radius 2 is 1.94 bits per heavy atom. The van der Waals surface area contributed by atoms with Gasteiger partial charge < -0.3 is 9.98 Å². The molecule has 2 rings (SSSR count). The minimum Gasteiger partial charge on any atom is -0.324 e. The molecular formula is C13H12N2O. The molecule has 0 bridgehead atoms. The van der Waals surface area contributed by atoms with E-state index in [1.807, 2.05) is 48.1 Å². The Morgan fingerprint density at radius 1 is 1.25 bits per heavy atom. The molecule has 0 aliphatic rings. The van der Waals surface area contributed by atoms with E-state index in [1.165, 1.54) is 0 Å². The third-order valence-corrected chi connectivity index (χ3v) is 2.58. The normalized spacial score (nSPS) is 10.1. The van der Waals surface area contributed by atoms with Gasteiger partial charge in [0, 0.05) is 23.6 Å². The summed E-state index contributed by atoms with van der Waals surface area (Å²) in [4.78, 5) is 11.5. The van der Waals surface area contributed by atoms with Gasteiger partial charge in [0.1, 0.15) is 0 Å². The van der Waals surface area contributed by atoms with E-state index in [-0.39, 0.29) is 5.78 Å². The number of rotatable bonds is 3. The number of nitrogens with one attached hydrogen (secondary N) is 1. The Kier molecular flexibility index (Phi) is 2.68. The summed E-state index contributed by atoms with van der Waals surface area (Å²) in [6, 6.07) is 9.40. The number of aromatic nitrogens is 1. The van der Waals surface area contributed by atoms with Gasteiger partial charge in [0.05, 0.1) is 6.21 Å². The molecule has 0 fully saturated rings. The largest absolute Gasteiger partial charge is 0.324 e. The van der Waals surface area contributed by atoms with E-state index in [0.29, 0.717) is 5.56 Å². The molecule has 3 heteroatoms. The zero-order chi connectivity index (χ0) is 11.5. The molecule has 1 heterocycles. The fourth-order valence-electron chi connectivity index (χ4n) is 1.74. The number of Topliss-reactive ketones (excluding diaryl/α,β-unsaturated/α-hetero) is 1. The summed E-state index contributed by atoms with van der Waals surface area (Å²) in [5.74, 6) is -0.258.